The van der Waals surface area contributed by atoms with Crippen molar-refractivity contribution in [2.45, 2.75) is 89.6 Å². The molecule has 2 unspecified atom stereocenters. The zero-order valence-electron chi connectivity index (χ0n) is 32.0. The van der Waals surface area contributed by atoms with Crippen LogP contribution in [0.3, 0.4) is 0 Å². The number of ether oxygens (including phenoxy) is 7. The Morgan fingerprint density at radius 1 is 1.02 bits per heavy atom. The third-order valence-electron chi connectivity index (χ3n) is 12.2. The average Bonchev–Trinajstić information content (AvgIpc) is 3.54. The van der Waals surface area contributed by atoms with E-state index in [2.05, 4.69) is 4.84 Å². The highest BCUT2D eigenvalue weighted by molar-refractivity contribution is 6.01. The van der Waals surface area contributed by atoms with Gasteiger partial charge in [-0.2, -0.15) is 0 Å². The molecule has 0 radical (unpaired) electrons. The molecule has 4 aliphatic carbocycles. The van der Waals surface area contributed by atoms with Gasteiger partial charge in [-0.3, -0.25) is 9.59 Å². The fourth-order valence-corrected chi connectivity index (χ4v) is 9.82. The highest BCUT2D eigenvalue weighted by Gasteiger charge is 2.80. The number of aliphatic hydroxyl groups is 1. The van der Waals surface area contributed by atoms with Crippen LogP contribution < -0.4 is 4.74 Å². The van der Waals surface area contributed by atoms with Crippen molar-refractivity contribution in [3.63, 3.8) is 0 Å². The van der Waals surface area contributed by atoms with Gasteiger partial charge in [0.25, 0.3) is 5.09 Å². The number of carbonyl (C=O) groups excluding carboxylic acids is 4. The Bertz CT molecular complexity index is 1810. The summed E-state index contributed by atoms with van der Waals surface area (Å²) in [5, 5.41) is 21.0. The van der Waals surface area contributed by atoms with Crippen LogP contribution in [0.1, 0.15) is 69.3 Å². The number of Topliss-reactive ketones (excluding diaryl/α,β-unsaturated/α-hetero) is 1. The molecule has 8 atom stereocenters. The number of hydrogen-bond donors (Lipinski definition) is 1. The summed E-state index contributed by atoms with van der Waals surface area (Å²) >= 11 is 0. The number of esters is 1. The van der Waals surface area contributed by atoms with Crippen LogP contribution in [0.2, 0.25) is 0 Å². The number of halogens is 1. The summed E-state index contributed by atoms with van der Waals surface area (Å²) in [6.45, 7) is 7.93. The second-order valence-corrected chi connectivity index (χ2v) is 15.8. The van der Waals surface area contributed by atoms with Crippen molar-refractivity contribution in [2.75, 3.05) is 46.2 Å². The molecule has 4 fully saturated rings. The van der Waals surface area contributed by atoms with Gasteiger partial charge in [0, 0.05) is 16.7 Å². The second-order valence-electron chi connectivity index (χ2n) is 15.8. The highest BCUT2D eigenvalue weighted by atomic mass is 19.1. The van der Waals surface area contributed by atoms with E-state index in [0.29, 0.717) is 24.0 Å². The molecule has 1 aromatic rings. The lowest BCUT2D eigenvalue weighted by Gasteiger charge is -2.62. The number of fused-ring (bicyclic) bond motifs is 7. The fraction of sp³-hybridized carbons (Fsp3) is 0.641. The van der Waals surface area contributed by atoms with Gasteiger partial charge in [-0.25, -0.2) is 14.0 Å². The van der Waals surface area contributed by atoms with Crippen molar-refractivity contribution in [1.82, 2.24) is 0 Å². The number of alkyl halides is 1. The Balaban J connectivity index is 1.05. The number of benzene rings is 1. The Hall–Kier alpha value is -4.29. The number of hydrogen-bond acceptors (Lipinski definition) is 15. The minimum Gasteiger partial charge on any atom is -0.460 e. The largest absolute Gasteiger partial charge is 0.514 e. The summed E-state index contributed by atoms with van der Waals surface area (Å²) in [6.07, 6.45) is 1.83. The maximum absolute atomic E-state index is 17.7. The lowest BCUT2D eigenvalue weighted by atomic mass is 9.44. The van der Waals surface area contributed by atoms with E-state index in [-0.39, 0.29) is 69.6 Å². The third-order valence-corrected chi connectivity index (χ3v) is 12.2. The van der Waals surface area contributed by atoms with E-state index in [1.54, 1.807) is 33.8 Å². The first-order chi connectivity index (χ1) is 26.4. The van der Waals surface area contributed by atoms with E-state index in [1.807, 2.05) is 6.92 Å². The average molecular weight is 790 g/mol. The molecule has 5 aliphatic rings. The molecular formula is C39H48FNO15. The summed E-state index contributed by atoms with van der Waals surface area (Å²) in [6, 6.07) is 4.23. The maximum Gasteiger partial charge on any atom is 0.514 e. The van der Waals surface area contributed by atoms with Crippen LogP contribution in [0.15, 0.2) is 42.0 Å². The van der Waals surface area contributed by atoms with Gasteiger partial charge in [-0.1, -0.05) is 18.6 Å². The van der Waals surface area contributed by atoms with E-state index in [1.165, 1.54) is 30.4 Å². The molecule has 1 heterocycles. The molecule has 1 aliphatic heterocycles. The number of aliphatic hydroxyl groups excluding tert-OH is 1. The molecule has 3 saturated carbocycles. The van der Waals surface area contributed by atoms with Crippen LogP contribution in [-0.4, -0.2) is 109 Å². The lowest BCUT2D eigenvalue weighted by molar-refractivity contribution is -0.758. The second kappa shape index (κ2) is 15.6. The van der Waals surface area contributed by atoms with Crippen LogP contribution >= 0.6 is 0 Å². The zero-order valence-corrected chi connectivity index (χ0v) is 32.0. The van der Waals surface area contributed by atoms with Crippen molar-refractivity contribution in [2.24, 2.45) is 22.7 Å². The van der Waals surface area contributed by atoms with Crippen LogP contribution in [0, 0.1) is 39.7 Å². The van der Waals surface area contributed by atoms with Crippen LogP contribution in [0.25, 0.3) is 0 Å². The van der Waals surface area contributed by atoms with Crippen molar-refractivity contribution in [1.29, 1.82) is 0 Å². The van der Waals surface area contributed by atoms with Crippen LogP contribution in [0.5, 0.6) is 5.75 Å². The monoisotopic (exact) mass is 789 g/mol. The summed E-state index contributed by atoms with van der Waals surface area (Å²) in [7, 11) is 0. The standard InChI is InChI=1S/C39H48FNO15/c1-23-18-24(33(45)51-16-14-49-12-13-50-15-17-53-41(47)48)6-9-29(23)54-34(46)52-22-31(44)39-32(55-35(2,3)56-39)20-28-27-8-7-25-19-26(42)10-11-36(25,4)38(27,40)30(43)21-37(28,39)5/h6,9-11,18-19,27-28,30,32,43H,7-8,12-17,20-22H2,1-5H3/t27?,28?,30-,32+,36-,37-,38-,39+/m0/s1. The summed E-state index contributed by atoms with van der Waals surface area (Å²) in [4.78, 5) is 66.3. The SMILES string of the molecule is Cc1cc(C(=O)OCCOCCOCCO[N+](=O)[O-])ccc1OC(=O)OCC(=O)[C@@]12OC(C)(C)O[C@@H]1CC1C3CCC4=CC(=O)C=C[C@]4(C)[C@@]3(F)[C@@H](O)C[C@@]12C. The Morgan fingerprint density at radius 3 is 2.41 bits per heavy atom. The van der Waals surface area contributed by atoms with E-state index < -0.39 is 81.5 Å². The van der Waals surface area contributed by atoms with Crippen LogP contribution in [0.4, 0.5) is 9.18 Å². The summed E-state index contributed by atoms with van der Waals surface area (Å²) in [5.74, 6) is -3.73. The number of aryl methyl sites for hydroxylation is 1. The Labute approximate surface area is 322 Å². The predicted octanol–water partition coefficient (Wildman–Crippen LogP) is 4.35. The van der Waals surface area contributed by atoms with E-state index in [4.69, 9.17) is 33.2 Å². The number of rotatable bonds is 15. The van der Waals surface area contributed by atoms with Crippen molar-refractivity contribution >= 4 is 23.7 Å². The number of nitrogens with zero attached hydrogens (tertiary/aromatic N) is 1. The number of carbonyl (C=O) groups is 4. The topological polar surface area (TPSA) is 205 Å². The Morgan fingerprint density at radius 2 is 1.71 bits per heavy atom. The Kier molecular flexibility index (Phi) is 11.5. The van der Waals surface area contributed by atoms with Crippen LogP contribution in [-0.2, 0) is 42.8 Å². The van der Waals surface area contributed by atoms with Gasteiger partial charge in [0.05, 0.1) is 44.2 Å². The van der Waals surface area contributed by atoms with Crippen molar-refractivity contribution in [3.05, 3.63) is 63.2 Å². The first-order valence-corrected chi connectivity index (χ1v) is 18.7. The molecule has 56 heavy (non-hydrogen) atoms. The van der Waals surface area contributed by atoms with Crippen molar-refractivity contribution in [3.8, 4) is 5.75 Å². The first kappa shape index (κ1) is 41.3. The third kappa shape index (κ3) is 7.23. The van der Waals surface area contributed by atoms with E-state index in [0.717, 1.165) is 0 Å². The van der Waals surface area contributed by atoms with E-state index >= 15 is 4.39 Å². The zero-order chi connectivity index (χ0) is 40.7. The van der Waals surface area contributed by atoms with Gasteiger partial charge >= 0.3 is 12.1 Å². The van der Waals surface area contributed by atoms with Gasteiger partial charge in [0.1, 0.15) is 19.0 Å². The quantitative estimate of drug-likeness (QED) is 0.0862. The van der Waals surface area contributed by atoms with Gasteiger partial charge in [0.15, 0.2) is 29.4 Å². The summed E-state index contributed by atoms with van der Waals surface area (Å²) in [5.41, 5.74) is -4.89. The molecule has 17 heteroatoms. The summed E-state index contributed by atoms with van der Waals surface area (Å²) < 4.78 is 56.8. The highest BCUT2D eigenvalue weighted by Crippen LogP contribution is 2.72. The molecule has 6 rings (SSSR count). The molecular weight excluding hydrogens is 741 g/mol. The molecule has 16 nitrogen and oxygen atoms in total. The smallest absolute Gasteiger partial charge is 0.460 e. The molecule has 306 valence electrons. The minimum absolute atomic E-state index is 0.0249. The number of ketones is 2. The minimum atomic E-state index is -2.12. The maximum atomic E-state index is 17.7. The van der Waals surface area contributed by atoms with Gasteiger partial charge in [0.2, 0.25) is 5.78 Å². The molecule has 1 saturated heterocycles. The van der Waals surface area contributed by atoms with E-state index in [9.17, 15) is 34.4 Å². The fourth-order valence-electron chi connectivity index (χ4n) is 9.82. The number of allylic oxidation sites excluding steroid dienone is 4. The molecule has 0 aromatic heterocycles. The first-order valence-electron chi connectivity index (χ1n) is 18.7. The van der Waals surface area contributed by atoms with Gasteiger partial charge in [-0.05, 0) is 95.2 Å². The molecule has 0 spiro atoms. The predicted molar refractivity (Wildman–Crippen MR) is 190 cm³/mol. The normalized spacial score (nSPS) is 33.6. The van der Waals surface area contributed by atoms with Gasteiger partial charge < -0.3 is 43.1 Å². The van der Waals surface area contributed by atoms with Gasteiger partial charge in [-0.15, -0.1) is 10.1 Å². The molecule has 0 amide bonds. The van der Waals surface area contributed by atoms with Crippen molar-refractivity contribution < 1.29 is 71.8 Å². The molecule has 0 bridgehead atoms. The molecule has 1 aromatic carbocycles. The lowest BCUT2D eigenvalue weighted by Crippen LogP contribution is -2.70. The molecule has 1 N–H and O–H groups in total.